The monoisotopic (exact) mass is 411 g/mol. The Morgan fingerprint density at radius 2 is 2.14 bits per heavy atom. The highest BCUT2D eigenvalue weighted by Crippen LogP contribution is 2.32. The van der Waals surface area contributed by atoms with Crippen LogP contribution in [0.5, 0.6) is 5.75 Å². The van der Waals surface area contributed by atoms with Crippen molar-refractivity contribution in [3.8, 4) is 16.9 Å². The normalized spacial score (nSPS) is 16.2. The number of hydrazone groups is 1. The van der Waals surface area contributed by atoms with E-state index in [1.165, 1.54) is 23.0 Å². The number of pyridine rings is 1. The highest BCUT2D eigenvalue weighted by atomic mass is 35.5. The zero-order valence-electron chi connectivity index (χ0n) is 14.4. The summed E-state index contributed by atoms with van der Waals surface area (Å²) in [7, 11) is 0. The van der Waals surface area contributed by atoms with Gasteiger partial charge in [-0.25, -0.2) is 4.98 Å². The van der Waals surface area contributed by atoms with Crippen molar-refractivity contribution in [1.29, 1.82) is 0 Å². The number of nitrogens with zero attached hydrogens (tertiary/aromatic N) is 4. The van der Waals surface area contributed by atoms with Gasteiger partial charge < -0.3 is 9.47 Å². The first kappa shape index (κ1) is 18.4. The van der Waals surface area contributed by atoms with Crippen molar-refractivity contribution in [2.45, 2.75) is 26.3 Å². The molecule has 1 aliphatic rings. The topological polar surface area (TPSA) is 73.6 Å². The molecule has 3 aromatic rings. The number of alkyl halides is 2. The van der Waals surface area contributed by atoms with E-state index >= 15 is 0 Å². The van der Waals surface area contributed by atoms with Crippen molar-refractivity contribution in [2.75, 3.05) is 0 Å². The summed E-state index contributed by atoms with van der Waals surface area (Å²) in [5, 5.41) is 7.82. The molecule has 0 amide bonds. The first-order valence-corrected chi connectivity index (χ1v) is 8.52. The van der Waals surface area contributed by atoms with Gasteiger partial charge >= 0.3 is 6.61 Å². The highest BCUT2D eigenvalue weighted by molar-refractivity contribution is 6.32. The number of ether oxygens (including phenoxy) is 2. The summed E-state index contributed by atoms with van der Waals surface area (Å²) >= 11 is 5.89. The molecule has 1 atom stereocenters. The summed E-state index contributed by atoms with van der Waals surface area (Å²) in [5.41, 5.74) is 4.34. The third-order valence-corrected chi connectivity index (χ3v) is 4.36. The average molecular weight is 412 g/mol. The third-order valence-electron chi connectivity index (χ3n) is 4.05. The fourth-order valence-electron chi connectivity index (χ4n) is 2.84. The second-order valence-corrected chi connectivity index (χ2v) is 6.36. The second kappa shape index (κ2) is 7.19. The molecule has 4 rings (SSSR count). The number of benzene rings is 1. The van der Waals surface area contributed by atoms with E-state index in [2.05, 4.69) is 25.3 Å². The van der Waals surface area contributed by atoms with Crippen molar-refractivity contribution >= 4 is 28.5 Å². The van der Waals surface area contributed by atoms with Crippen molar-refractivity contribution in [3.05, 3.63) is 41.4 Å². The van der Waals surface area contributed by atoms with Gasteiger partial charge in [-0.15, -0.1) is 10.2 Å². The Bertz CT molecular complexity index is 1070. The fourth-order valence-corrected chi connectivity index (χ4v) is 3.00. The summed E-state index contributed by atoms with van der Waals surface area (Å²) in [6.07, 6.45) is 0.928. The predicted octanol–water partition coefficient (Wildman–Crippen LogP) is 3.77. The van der Waals surface area contributed by atoms with E-state index in [0.717, 1.165) is 0 Å². The molecule has 11 heteroatoms. The molecule has 7 nitrogen and oxygen atoms in total. The van der Waals surface area contributed by atoms with Crippen molar-refractivity contribution in [1.82, 2.24) is 20.2 Å². The van der Waals surface area contributed by atoms with Gasteiger partial charge in [0.2, 0.25) is 12.1 Å². The Morgan fingerprint density at radius 3 is 2.86 bits per heavy atom. The SMILES string of the molecule is CC1=NNC(Cn2nc(F)c3ncc(-c4ccc(Cl)c(OC(F)F)c4)cc32)O1. The molecule has 0 saturated heterocycles. The first-order chi connectivity index (χ1) is 13.4. The number of fused-ring (bicyclic) bond motifs is 1. The average Bonchev–Trinajstić information content (AvgIpc) is 3.20. The molecule has 1 aliphatic heterocycles. The molecule has 1 unspecified atom stereocenters. The minimum Gasteiger partial charge on any atom is -0.453 e. The van der Waals surface area contributed by atoms with Crippen LogP contribution in [-0.4, -0.2) is 33.5 Å². The summed E-state index contributed by atoms with van der Waals surface area (Å²) in [6.45, 7) is -1.13. The van der Waals surface area contributed by atoms with Crippen LogP contribution in [-0.2, 0) is 11.3 Å². The van der Waals surface area contributed by atoms with E-state index < -0.39 is 18.8 Å². The summed E-state index contributed by atoms with van der Waals surface area (Å²) < 4.78 is 50.5. The van der Waals surface area contributed by atoms with Gasteiger partial charge in [0.15, 0.2) is 0 Å². The van der Waals surface area contributed by atoms with Crippen molar-refractivity contribution < 1.29 is 22.6 Å². The maximum absolute atomic E-state index is 14.1. The van der Waals surface area contributed by atoms with Crippen LogP contribution in [0.2, 0.25) is 5.02 Å². The molecule has 0 fully saturated rings. The zero-order chi connectivity index (χ0) is 19.8. The molecule has 1 N–H and O–H groups in total. The van der Waals surface area contributed by atoms with E-state index in [1.54, 1.807) is 19.1 Å². The maximum atomic E-state index is 14.1. The van der Waals surface area contributed by atoms with E-state index in [9.17, 15) is 13.2 Å². The van der Waals surface area contributed by atoms with Gasteiger partial charge in [0, 0.05) is 18.7 Å². The largest absolute Gasteiger partial charge is 0.453 e. The molecule has 146 valence electrons. The van der Waals surface area contributed by atoms with Crippen LogP contribution < -0.4 is 10.2 Å². The molecule has 0 bridgehead atoms. The Labute approximate surface area is 161 Å². The first-order valence-electron chi connectivity index (χ1n) is 8.14. The predicted molar refractivity (Wildman–Crippen MR) is 95.7 cm³/mol. The Morgan fingerprint density at radius 1 is 1.32 bits per heavy atom. The van der Waals surface area contributed by atoms with Crippen LogP contribution in [0.1, 0.15) is 6.92 Å². The highest BCUT2D eigenvalue weighted by Gasteiger charge is 2.21. The van der Waals surface area contributed by atoms with Gasteiger partial charge in [-0.1, -0.05) is 17.7 Å². The number of hydrogen-bond acceptors (Lipinski definition) is 6. The minimum atomic E-state index is -3.01. The molecular weight excluding hydrogens is 399 g/mol. The zero-order valence-corrected chi connectivity index (χ0v) is 15.1. The summed E-state index contributed by atoms with van der Waals surface area (Å²) in [5.74, 6) is -0.423. The van der Waals surface area contributed by atoms with Gasteiger partial charge in [-0.3, -0.25) is 10.1 Å². The molecular formula is C17H13ClF3N5O2. The lowest BCUT2D eigenvalue weighted by Gasteiger charge is -2.12. The lowest BCUT2D eigenvalue weighted by molar-refractivity contribution is -0.0497. The van der Waals surface area contributed by atoms with Crippen LogP contribution in [0.4, 0.5) is 13.2 Å². The Balaban J connectivity index is 1.70. The number of hydrogen-bond donors (Lipinski definition) is 1. The molecule has 0 radical (unpaired) electrons. The van der Waals surface area contributed by atoms with E-state index in [1.807, 2.05) is 0 Å². The molecule has 0 spiro atoms. The Kier molecular flexibility index (Phi) is 4.71. The lowest BCUT2D eigenvalue weighted by Crippen LogP contribution is -2.28. The molecule has 0 aliphatic carbocycles. The molecule has 2 aromatic heterocycles. The van der Waals surface area contributed by atoms with E-state index in [0.29, 0.717) is 22.5 Å². The van der Waals surface area contributed by atoms with Gasteiger partial charge in [0.25, 0.3) is 5.95 Å². The maximum Gasteiger partial charge on any atom is 0.387 e. The number of nitrogens with one attached hydrogen (secondary N) is 1. The number of rotatable bonds is 5. The smallest absolute Gasteiger partial charge is 0.387 e. The van der Waals surface area contributed by atoms with Gasteiger partial charge in [0.05, 0.1) is 17.1 Å². The Hall–Kier alpha value is -3.01. The van der Waals surface area contributed by atoms with Gasteiger partial charge in [-0.2, -0.15) is 13.2 Å². The van der Waals surface area contributed by atoms with Crippen LogP contribution in [0.25, 0.3) is 22.2 Å². The van der Waals surface area contributed by atoms with Gasteiger partial charge in [0.1, 0.15) is 11.3 Å². The molecule has 3 heterocycles. The fraction of sp³-hybridized carbons (Fsp3) is 0.235. The lowest BCUT2D eigenvalue weighted by atomic mass is 10.1. The molecule has 1 aromatic carbocycles. The van der Waals surface area contributed by atoms with Crippen LogP contribution in [0.15, 0.2) is 35.6 Å². The quantitative estimate of drug-likeness (QED) is 0.691. The second-order valence-electron chi connectivity index (χ2n) is 5.95. The third kappa shape index (κ3) is 3.55. The van der Waals surface area contributed by atoms with Crippen LogP contribution >= 0.6 is 11.6 Å². The molecule has 28 heavy (non-hydrogen) atoms. The van der Waals surface area contributed by atoms with Gasteiger partial charge in [-0.05, 0) is 23.8 Å². The summed E-state index contributed by atoms with van der Waals surface area (Å²) in [4.78, 5) is 4.11. The minimum absolute atomic E-state index is 0.0500. The van der Waals surface area contributed by atoms with E-state index in [4.69, 9.17) is 16.3 Å². The van der Waals surface area contributed by atoms with Crippen LogP contribution in [0, 0.1) is 5.95 Å². The van der Waals surface area contributed by atoms with E-state index in [-0.39, 0.29) is 22.8 Å². The standard InChI is InChI=1S/C17H13ClF3N5O2/c1-8-23-24-14(27-8)7-26-12-4-10(6-22-15(12)16(19)25-26)9-2-3-11(18)13(5-9)28-17(20)21/h2-6,14,17,24H,7H2,1H3. The van der Waals surface area contributed by atoms with Crippen molar-refractivity contribution in [2.24, 2.45) is 5.10 Å². The number of aromatic nitrogens is 3. The molecule has 0 saturated carbocycles. The number of halogens is 4. The summed E-state index contributed by atoms with van der Waals surface area (Å²) in [6, 6.07) is 6.08. The van der Waals surface area contributed by atoms with Crippen LogP contribution in [0.3, 0.4) is 0 Å². The van der Waals surface area contributed by atoms with Crippen molar-refractivity contribution in [3.63, 3.8) is 0 Å².